The minimum atomic E-state index is -0.504. The average molecular weight is 422 g/mol. The zero-order chi connectivity index (χ0) is 22.5. The molecule has 31 heavy (non-hydrogen) atoms. The van der Waals surface area contributed by atoms with Gasteiger partial charge in [-0.25, -0.2) is 0 Å². The zero-order valence-corrected chi connectivity index (χ0v) is 17.4. The number of rotatable bonds is 8. The first-order valence-corrected chi connectivity index (χ1v) is 10.1. The Balaban J connectivity index is 1.51. The van der Waals surface area contributed by atoms with E-state index in [0.29, 0.717) is 30.8 Å². The minimum Gasteiger partial charge on any atom is -0.366 e. The molecule has 162 valence electrons. The highest BCUT2D eigenvalue weighted by atomic mass is 16.2. The number of carbonyl (C=O) groups excluding carboxylic acids is 4. The van der Waals surface area contributed by atoms with Crippen molar-refractivity contribution >= 4 is 23.6 Å². The summed E-state index contributed by atoms with van der Waals surface area (Å²) >= 11 is 0. The number of nitrogens with zero attached hydrogens (tertiary/aromatic N) is 2. The van der Waals surface area contributed by atoms with Crippen LogP contribution in [0.3, 0.4) is 0 Å². The molecule has 8 heteroatoms. The molecule has 1 heterocycles. The Morgan fingerprint density at radius 2 is 1.29 bits per heavy atom. The molecule has 4 N–H and O–H groups in total. The third-order valence-electron chi connectivity index (χ3n) is 5.50. The Hall–Kier alpha value is -3.68. The van der Waals surface area contributed by atoms with Gasteiger partial charge in [0.25, 0.3) is 0 Å². The lowest BCUT2D eigenvalue weighted by molar-refractivity contribution is -0.145. The summed E-state index contributed by atoms with van der Waals surface area (Å²) in [5.41, 5.74) is 12.9. The molecule has 0 aromatic heterocycles. The second-order valence-corrected chi connectivity index (χ2v) is 7.61. The lowest BCUT2D eigenvalue weighted by Gasteiger charge is -2.45. The van der Waals surface area contributed by atoms with Gasteiger partial charge < -0.3 is 21.3 Å². The number of amides is 4. The van der Waals surface area contributed by atoms with E-state index >= 15 is 0 Å². The van der Waals surface area contributed by atoms with Crippen LogP contribution in [-0.2, 0) is 22.4 Å². The van der Waals surface area contributed by atoms with E-state index in [-0.39, 0.29) is 30.7 Å². The van der Waals surface area contributed by atoms with Gasteiger partial charge in [0.1, 0.15) is 0 Å². The van der Waals surface area contributed by atoms with Crippen molar-refractivity contribution < 1.29 is 19.2 Å². The van der Waals surface area contributed by atoms with Crippen molar-refractivity contribution in [3.05, 3.63) is 70.8 Å². The van der Waals surface area contributed by atoms with Gasteiger partial charge in [-0.1, -0.05) is 24.3 Å². The summed E-state index contributed by atoms with van der Waals surface area (Å²) in [6, 6.07) is 13.3. The molecule has 3 rings (SSSR count). The van der Waals surface area contributed by atoms with Crippen LogP contribution in [0.2, 0.25) is 0 Å². The summed E-state index contributed by atoms with van der Waals surface area (Å²) in [5, 5.41) is 0. The van der Waals surface area contributed by atoms with Crippen molar-refractivity contribution in [3.63, 3.8) is 0 Å². The Kier molecular flexibility index (Phi) is 6.69. The highest BCUT2D eigenvalue weighted by molar-refractivity contribution is 5.93. The second kappa shape index (κ2) is 9.42. The molecule has 1 saturated heterocycles. The monoisotopic (exact) mass is 422 g/mol. The van der Waals surface area contributed by atoms with Crippen LogP contribution in [0.4, 0.5) is 0 Å². The van der Waals surface area contributed by atoms with Crippen LogP contribution in [0.5, 0.6) is 0 Å². The van der Waals surface area contributed by atoms with Gasteiger partial charge in [0.15, 0.2) is 0 Å². The third kappa shape index (κ3) is 5.28. The van der Waals surface area contributed by atoms with E-state index in [1.807, 2.05) is 6.92 Å². The topological polar surface area (TPSA) is 127 Å². The van der Waals surface area contributed by atoms with Gasteiger partial charge in [0.2, 0.25) is 23.6 Å². The summed E-state index contributed by atoms with van der Waals surface area (Å²) in [6.45, 7) is 3.47. The number of benzene rings is 2. The number of hydrogen-bond acceptors (Lipinski definition) is 4. The van der Waals surface area contributed by atoms with E-state index in [4.69, 9.17) is 11.5 Å². The average Bonchev–Trinajstić information content (AvgIpc) is 2.70. The predicted octanol–water partition coefficient (Wildman–Crippen LogP) is 0.729. The van der Waals surface area contributed by atoms with E-state index in [0.717, 1.165) is 11.1 Å². The standard InChI is InChI=1S/C23H26N4O4/c1-2-27(21(29)12-16-5-9-18(10-6-16)23(25)31)19-13-26(14-19)20(28)11-15-3-7-17(8-4-15)22(24)30/h3-10,19H,2,11-14H2,1H3,(H2,24,30)(H2,25,31). The first-order valence-electron chi connectivity index (χ1n) is 10.1. The van der Waals surface area contributed by atoms with E-state index in [2.05, 4.69) is 0 Å². The third-order valence-corrected chi connectivity index (χ3v) is 5.50. The van der Waals surface area contributed by atoms with Crippen LogP contribution >= 0.6 is 0 Å². The molecule has 2 aromatic carbocycles. The van der Waals surface area contributed by atoms with Crippen LogP contribution in [0.1, 0.15) is 38.8 Å². The zero-order valence-electron chi connectivity index (χ0n) is 17.4. The van der Waals surface area contributed by atoms with E-state index < -0.39 is 11.8 Å². The van der Waals surface area contributed by atoms with Gasteiger partial charge in [-0.05, 0) is 42.3 Å². The normalized spacial score (nSPS) is 13.4. The van der Waals surface area contributed by atoms with Gasteiger partial charge >= 0.3 is 0 Å². The van der Waals surface area contributed by atoms with Gasteiger partial charge in [0, 0.05) is 30.8 Å². The molecular weight excluding hydrogens is 396 g/mol. The largest absolute Gasteiger partial charge is 0.366 e. The molecule has 2 aromatic rings. The Morgan fingerprint density at radius 3 is 1.71 bits per heavy atom. The molecule has 0 atom stereocenters. The van der Waals surface area contributed by atoms with Crippen molar-refractivity contribution in [2.75, 3.05) is 19.6 Å². The molecule has 4 amide bonds. The predicted molar refractivity (Wildman–Crippen MR) is 115 cm³/mol. The van der Waals surface area contributed by atoms with Crippen molar-refractivity contribution in [1.29, 1.82) is 0 Å². The molecule has 0 saturated carbocycles. The van der Waals surface area contributed by atoms with E-state index in [1.54, 1.807) is 58.3 Å². The second-order valence-electron chi connectivity index (χ2n) is 7.61. The molecule has 0 bridgehead atoms. The summed E-state index contributed by atoms with van der Waals surface area (Å²) < 4.78 is 0. The Bertz CT molecular complexity index is 980. The molecule has 1 aliphatic heterocycles. The van der Waals surface area contributed by atoms with Crippen molar-refractivity contribution in [2.45, 2.75) is 25.8 Å². The SMILES string of the molecule is CCN(C(=O)Cc1ccc(C(N)=O)cc1)C1CN(C(=O)Cc2ccc(C(N)=O)cc2)C1. The number of likely N-dealkylation sites (N-methyl/N-ethyl adjacent to an activating group) is 1. The van der Waals surface area contributed by atoms with Gasteiger partial charge in [-0.15, -0.1) is 0 Å². The molecule has 0 aliphatic carbocycles. The van der Waals surface area contributed by atoms with Crippen molar-refractivity contribution in [2.24, 2.45) is 11.5 Å². The molecule has 0 spiro atoms. The Labute approximate surface area is 180 Å². The number of hydrogen-bond donors (Lipinski definition) is 2. The lowest BCUT2D eigenvalue weighted by Crippen LogP contribution is -2.62. The summed E-state index contributed by atoms with van der Waals surface area (Å²) in [7, 11) is 0. The van der Waals surface area contributed by atoms with E-state index in [1.165, 1.54) is 0 Å². The highest BCUT2D eigenvalue weighted by Gasteiger charge is 2.36. The molecule has 1 aliphatic rings. The number of nitrogens with two attached hydrogens (primary N) is 2. The maximum atomic E-state index is 12.7. The van der Waals surface area contributed by atoms with Crippen LogP contribution in [0.15, 0.2) is 48.5 Å². The highest BCUT2D eigenvalue weighted by Crippen LogP contribution is 2.18. The summed E-state index contributed by atoms with van der Waals surface area (Å²) in [6.07, 6.45) is 0.460. The van der Waals surface area contributed by atoms with E-state index in [9.17, 15) is 19.2 Å². The smallest absolute Gasteiger partial charge is 0.248 e. The maximum Gasteiger partial charge on any atom is 0.248 e. The fourth-order valence-corrected chi connectivity index (χ4v) is 3.63. The van der Waals surface area contributed by atoms with Crippen LogP contribution in [0.25, 0.3) is 0 Å². The van der Waals surface area contributed by atoms with Crippen molar-refractivity contribution in [3.8, 4) is 0 Å². The van der Waals surface area contributed by atoms with Gasteiger partial charge in [0.05, 0.1) is 18.9 Å². The van der Waals surface area contributed by atoms with Crippen molar-refractivity contribution in [1.82, 2.24) is 9.80 Å². The first-order chi connectivity index (χ1) is 14.8. The fourth-order valence-electron chi connectivity index (χ4n) is 3.63. The molecule has 0 unspecified atom stereocenters. The van der Waals surface area contributed by atoms with Crippen LogP contribution in [0, 0.1) is 0 Å². The number of primary amides is 2. The first kappa shape index (κ1) is 22.0. The lowest BCUT2D eigenvalue weighted by atomic mass is 10.0. The molecular formula is C23H26N4O4. The van der Waals surface area contributed by atoms with Crippen LogP contribution < -0.4 is 11.5 Å². The quantitative estimate of drug-likeness (QED) is 0.650. The van der Waals surface area contributed by atoms with Crippen LogP contribution in [-0.4, -0.2) is 59.1 Å². The maximum absolute atomic E-state index is 12.7. The number of likely N-dealkylation sites (tertiary alicyclic amines) is 1. The Morgan fingerprint density at radius 1 is 0.839 bits per heavy atom. The summed E-state index contributed by atoms with van der Waals surface area (Å²) in [4.78, 5) is 51.1. The molecule has 1 fully saturated rings. The molecule has 0 radical (unpaired) electrons. The summed E-state index contributed by atoms with van der Waals surface area (Å²) in [5.74, 6) is -1.05. The van der Waals surface area contributed by atoms with Gasteiger partial charge in [-0.3, -0.25) is 19.2 Å². The minimum absolute atomic E-state index is 0.0106. The number of carbonyl (C=O) groups is 4. The molecule has 8 nitrogen and oxygen atoms in total. The fraction of sp³-hybridized carbons (Fsp3) is 0.304. The van der Waals surface area contributed by atoms with Gasteiger partial charge in [-0.2, -0.15) is 0 Å².